The molecule has 2 aliphatic carbocycles. The molecule has 0 bridgehead atoms. The van der Waals surface area contributed by atoms with E-state index in [-0.39, 0.29) is 6.04 Å². The molecule has 0 radical (unpaired) electrons. The van der Waals surface area contributed by atoms with E-state index in [1.807, 2.05) is 0 Å². The molecule has 2 heteroatoms. The van der Waals surface area contributed by atoms with Gasteiger partial charge in [-0.1, -0.05) is 158 Å². The molecule has 2 heterocycles. The maximum atomic E-state index is 2.53. The van der Waals surface area contributed by atoms with Crippen molar-refractivity contribution in [2.45, 2.75) is 24.8 Å². The van der Waals surface area contributed by atoms with Crippen molar-refractivity contribution >= 4 is 49.2 Å². The van der Waals surface area contributed by atoms with Crippen LogP contribution in [-0.4, -0.2) is 9.13 Å². The summed E-state index contributed by atoms with van der Waals surface area (Å²) in [5.74, 6) is 0.466. The monoisotopic (exact) mass is 716 g/mol. The largest absolute Gasteiger partial charge is 0.333 e. The summed E-state index contributed by atoms with van der Waals surface area (Å²) in [6, 6.07) is 60.8. The van der Waals surface area contributed by atoms with Gasteiger partial charge in [0.25, 0.3) is 0 Å². The van der Waals surface area contributed by atoms with Crippen molar-refractivity contribution in [3.05, 3.63) is 217 Å². The van der Waals surface area contributed by atoms with Gasteiger partial charge in [-0.3, -0.25) is 0 Å². The number of hydrogen-bond donors (Lipinski definition) is 0. The van der Waals surface area contributed by atoms with Crippen molar-refractivity contribution in [3.8, 4) is 27.9 Å². The molecule has 9 aromatic rings. The Balaban J connectivity index is 0.941. The highest BCUT2D eigenvalue weighted by molar-refractivity contribution is 6.12. The van der Waals surface area contributed by atoms with E-state index in [1.54, 1.807) is 0 Å². The van der Waals surface area contributed by atoms with Gasteiger partial charge in [0.05, 0.1) is 17.1 Å². The summed E-state index contributed by atoms with van der Waals surface area (Å²) in [6.07, 6.45) is 17.9. The van der Waals surface area contributed by atoms with Crippen molar-refractivity contribution < 1.29 is 0 Å². The first kappa shape index (κ1) is 32.5. The van der Waals surface area contributed by atoms with Gasteiger partial charge in [0.2, 0.25) is 0 Å². The van der Waals surface area contributed by atoms with Crippen molar-refractivity contribution in [1.29, 1.82) is 0 Å². The van der Waals surface area contributed by atoms with Gasteiger partial charge in [0.1, 0.15) is 0 Å². The molecule has 0 aliphatic heterocycles. The number of allylic oxidation sites excluding steroid dienone is 8. The van der Waals surface area contributed by atoms with Crippen LogP contribution >= 0.6 is 0 Å². The fourth-order valence-corrected chi connectivity index (χ4v) is 9.17. The van der Waals surface area contributed by atoms with Gasteiger partial charge in [-0.25, -0.2) is 0 Å². The summed E-state index contributed by atoms with van der Waals surface area (Å²) in [5, 5.41) is 5.12. The zero-order chi connectivity index (χ0) is 37.0. The Morgan fingerprint density at radius 1 is 0.429 bits per heavy atom. The van der Waals surface area contributed by atoms with Gasteiger partial charge in [0, 0.05) is 44.2 Å². The SMILES string of the molecule is C1=CCC(c2ccc(-c3ccc(-n4c5ccccc5c5cc(-c6ccc7c(c6)c6ccccc6n7C6C=CC(c7ccccc7)=CC6)ccc54)cc3)cc2)C=C1. The van der Waals surface area contributed by atoms with Gasteiger partial charge >= 0.3 is 0 Å². The molecular formula is C54H40N2. The van der Waals surface area contributed by atoms with Crippen molar-refractivity contribution in [3.63, 3.8) is 0 Å². The molecule has 0 spiro atoms. The van der Waals surface area contributed by atoms with E-state index in [0.717, 1.165) is 12.8 Å². The molecule has 0 saturated carbocycles. The average Bonchev–Trinajstić information content (AvgIpc) is 3.79. The molecule has 0 saturated heterocycles. The third-order valence-electron chi connectivity index (χ3n) is 12.0. The quantitative estimate of drug-likeness (QED) is 0.162. The number of para-hydroxylation sites is 2. The van der Waals surface area contributed by atoms with Crippen molar-refractivity contribution in [2.75, 3.05) is 0 Å². The molecule has 0 N–H and O–H groups in total. The van der Waals surface area contributed by atoms with Crippen molar-refractivity contribution in [2.24, 2.45) is 0 Å². The van der Waals surface area contributed by atoms with E-state index in [2.05, 4.69) is 215 Å². The van der Waals surface area contributed by atoms with Crippen LogP contribution in [0.5, 0.6) is 0 Å². The number of aromatic nitrogens is 2. The van der Waals surface area contributed by atoms with E-state index in [4.69, 9.17) is 0 Å². The molecular weight excluding hydrogens is 677 g/mol. The Morgan fingerprint density at radius 3 is 1.71 bits per heavy atom. The van der Waals surface area contributed by atoms with Gasteiger partial charge in [-0.15, -0.1) is 0 Å². The first-order valence-corrected chi connectivity index (χ1v) is 19.8. The number of hydrogen-bond acceptors (Lipinski definition) is 0. The summed E-state index contributed by atoms with van der Waals surface area (Å²) >= 11 is 0. The van der Waals surface area contributed by atoms with Crippen LogP contribution in [0, 0.1) is 0 Å². The van der Waals surface area contributed by atoms with Gasteiger partial charge in [-0.2, -0.15) is 0 Å². The van der Waals surface area contributed by atoms with Gasteiger partial charge in [-0.05, 0) is 100 Å². The molecule has 11 rings (SSSR count). The van der Waals surface area contributed by atoms with Crippen molar-refractivity contribution in [1.82, 2.24) is 9.13 Å². The third-order valence-corrected chi connectivity index (χ3v) is 12.0. The predicted octanol–water partition coefficient (Wildman–Crippen LogP) is 14.4. The summed E-state index contributed by atoms with van der Waals surface area (Å²) in [4.78, 5) is 0. The number of nitrogens with zero attached hydrogens (tertiary/aromatic N) is 2. The summed E-state index contributed by atoms with van der Waals surface area (Å²) in [7, 11) is 0. The maximum Gasteiger partial charge on any atom is 0.0560 e. The second kappa shape index (κ2) is 13.4. The van der Waals surface area contributed by atoms with E-state index < -0.39 is 0 Å². The molecule has 2 unspecified atom stereocenters. The van der Waals surface area contributed by atoms with E-state index >= 15 is 0 Å². The molecule has 2 atom stereocenters. The van der Waals surface area contributed by atoms with E-state index in [9.17, 15) is 0 Å². The van der Waals surface area contributed by atoms with Crippen LogP contribution in [0.15, 0.2) is 206 Å². The van der Waals surface area contributed by atoms with Crippen LogP contribution in [0.2, 0.25) is 0 Å². The summed E-state index contributed by atoms with van der Waals surface area (Å²) in [6.45, 7) is 0. The maximum absolute atomic E-state index is 2.53. The zero-order valence-electron chi connectivity index (χ0n) is 31.1. The Labute approximate surface area is 327 Å². The molecule has 7 aromatic carbocycles. The highest BCUT2D eigenvalue weighted by Crippen LogP contribution is 2.40. The third kappa shape index (κ3) is 5.48. The Bertz CT molecular complexity index is 3060. The minimum atomic E-state index is 0.259. The van der Waals surface area contributed by atoms with Crippen LogP contribution in [0.1, 0.15) is 35.9 Å². The topological polar surface area (TPSA) is 9.86 Å². The summed E-state index contributed by atoms with van der Waals surface area (Å²) < 4.78 is 4.95. The lowest BCUT2D eigenvalue weighted by Gasteiger charge is -2.21. The lowest BCUT2D eigenvalue weighted by molar-refractivity contribution is 0.649. The molecule has 56 heavy (non-hydrogen) atoms. The highest BCUT2D eigenvalue weighted by Gasteiger charge is 2.20. The highest BCUT2D eigenvalue weighted by atomic mass is 15.0. The van der Waals surface area contributed by atoms with Gasteiger partial charge in [0.15, 0.2) is 0 Å². The minimum absolute atomic E-state index is 0.259. The fourth-order valence-electron chi connectivity index (χ4n) is 9.17. The van der Waals surface area contributed by atoms with E-state index in [0.29, 0.717) is 5.92 Å². The zero-order valence-corrected chi connectivity index (χ0v) is 31.1. The average molecular weight is 717 g/mol. The number of fused-ring (bicyclic) bond motifs is 6. The van der Waals surface area contributed by atoms with Crippen LogP contribution < -0.4 is 0 Å². The molecule has 2 nitrogen and oxygen atoms in total. The van der Waals surface area contributed by atoms with Crippen LogP contribution in [-0.2, 0) is 0 Å². The normalized spacial score (nSPS) is 16.7. The second-order valence-electron chi connectivity index (χ2n) is 15.2. The molecule has 0 amide bonds. The summed E-state index contributed by atoms with van der Waals surface area (Å²) in [5.41, 5.74) is 15.0. The Morgan fingerprint density at radius 2 is 1.02 bits per heavy atom. The van der Waals surface area contributed by atoms with Gasteiger partial charge < -0.3 is 9.13 Å². The Hall–Kier alpha value is -6.90. The lowest BCUT2D eigenvalue weighted by atomic mass is 9.91. The number of benzene rings is 7. The number of rotatable bonds is 6. The predicted molar refractivity (Wildman–Crippen MR) is 238 cm³/mol. The van der Waals surface area contributed by atoms with Crippen LogP contribution in [0.25, 0.3) is 77.1 Å². The standard InChI is InChI=1S/C54H40N2/c1-3-11-37(12-4-1)39-19-21-40(22-20-39)42-25-31-46(32-26-42)56-52-18-10-8-16-48(52)50-36-44(28-34-54(50)56)43-27-33-53-49(35-43)47-15-7-9-17-51(47)55(53)45-29-23-41(24-30-45)38-13-5-2-6-14-38/h1-11,13-29,31-37,45H,12,30H2. The lowest BCUT2D eigenvalue weighted by Crippen LogP contribution is -2.07. The Kier molecular flexibility index (Phi) is 7.81. The smallest absolute Gasteiger partial charge is 0.0560 e. The molecule has 2 aliphatic rings. The van der Waals surface area contributed by atoms with E-state index in [1.165, 1.54) is 88.3 Å². The molecule has 2 aromatic heterocycles. The van der Waals surface area contributed by atoms with Crippen LogP contribution in [0.3, 0.4) is 0 Å². The first-order chi connectivity index (χ1) is 27.8. The van der Waals surface area contributed by atoms with Crippen LogP contribution in [0.4, 0.5) is 0 Å². The second-order valence-corrected chi connectivity index (χ2v) is 15.2. The first-order valence-electron chi connectivity index (χ1n) is 19.8. The fraction of sp³-hybridized carbons (Fsp3) is 0.0741. The minimum Gasteiger partial charge on any atom is -0.333 e. The molecule has 266 valence electrons. The molecule has 0 fully saturated rings.